The number of hydrogen-bond acceptors (Lipinski definition) is 6. The largest absolute Gasteiger partial charge is 0.282 e. The molecule has 6 nitrogen and oxygen atoms in total. The molecule has 0 atom stereocenters. The standard InChI is InChI=1S/C21H20N4O2S2/c1-4-13-6-8-14(9-7-13)19-23-12(3)17(29-19)18(26)24-25-11-22-20-16(21(25)27)10-15(5-2)28-20/h6-11H,4-5H2,1-3H3,(H,24,26). The number of thiazole rings is 1. The van der Waals surface area contributed by atoms with Crippen LogP contribution in [0.4, 0.5) is 0 Å². The van der Waals surface area contributed by atoms with Gasteiger partial charge in [0.2, 0.25) is 0 Å². The first-order chi connectivity index (χ1) is 14.0. The van der Waals surface area contributed by atoms with Gasteiger partial charge < -0.3 is 0 Å². The minimum atomic E-state index is -0.370. The van der Waals surface area contributed by atoms with E-state index in [1.165, 1.54) is 34.6 Å². The van der Waals surface area contributed by atoms with Crippen molar-refractivity contribution in [1.29, 1.82) is 0 Å². The number of aromatic nitrogens is 3. The van der Waals surface area contributed by atoms with E-state index in [2.05, 4.69) is 34.5 Å². The lowest BCUT2D eigenvalue weighted by atomic mass is 10.1. The molecule has 3 heterocycles. The summed E-state index contributed by atoms with van der Waals surface area (Å²) in [7, 11) is 0. The number of nitrogens with one attached hydrogen (secondary N) is 1. The van der Waals surface area contributed by atoms with Gasteiger partial charge in [-0.2, -0.15) is 0 Å². The van der Waals surface area contributed by atoms with E-state index < -0.39 is 0 Å². The van der Waals surface area contributed by atoms with Gasteiger partial charge in [-0.05, 0) is 31.4 Å². The van der Waals surface area contributed by atoms with Crippen molar-refractivity contribution < 1.29 is 4.79 Å². The zero-order chi connectivity index (χ0) is 20.5. The second-order valence-electron chi connectivity index (χ2n) is 6.63. The second-order valence-corrected chi connectivity index (χ2v) is 8.74. The Labute approximate surface area is 175 Å². The predicted octanol–water partition coefficient (Wildman–Crippen LogP) is 4.40. The number of amides is 1. The summed E-state index contributed by atoms with van der Waals surface area (Å²) in [5.41, 5.74) is 5.22. The van der Waals surface area contributed by atoms with E-state index in [0.29, 0.717) is 20.8 Å². The van der Waals surface area contributed by atoms with Gasteiger partial charge in [-0.1, -0.05) is 38.1 Å². The average molecular weight is 425 g/mol. The van der Waals surface area contributed by atoms with Crippen LogP contribution in [0.1, 0.15) is 39.7 Å². The summed E-state index contributed by atoms with van der Waals surface area (Å²) in [6, 6.07) is 10.0. The molecule has 0 aliphatic rings. The molecule has 0 saturated heterocycles. The highest BCUT2D eigenvalue weighted by atomic mass is 32.1. The maximum atomic E-state index is 12.8. The lowest BCUT2D eigenvalue weighted by molar-refractivity contribution is 0.101. The van der Waals surface area contributed by atoms with Gasteiger partial charge in [0.15, 0.2) is 0 Å². The maximum Gasteiger partial charge on any atom is 0.282 e. The van der Waals surface area contributed by atoms with Gasteiger partial charge in [-0.3, -0.25) is 15.0 Å². The Kier molecular flexibility index (Phi) is 5.29. The van der Waals surface area contributed by atoms with E-state index in [1.807, 2.05) is 25.1 Å². The first-order valence-electron chi connectivity index (χ1n) is 9.38. The highest BCUT2D eigenvalue weighted by Gasteiger charge is 2.18. The molecule has 0 spiro atoms. The van der Waals surface area contributed by atoms with Gasteiger partial charge >= 0.3 is 0 Å². The number of aryl methyl sites for hydroxylation is 3. The van der Waals surface area contributed by atoms with Gasteiger partial charge in [-0.25, -0.2) is 14.6 Å². The summed E-state index contributed by atoms with van der Waals surface area (Å²) in [4.78, 5) is 36.6. The number of benzene rings is 1. The SMILES string of the molecule is CCc1ccc(-c2nc(C)c(C(=O)Nn3cnc4sc(CC)cc4c3=O)s2)cc1. The molecular formula is C21H20N4O2S2. The van der Waals surface area contributed by atoms with Crippen LogP contribution in [-0.4, -0.2) is 20.6 Å². The molecular weight excluding hydrogens is 404 g/mol. The Hall–Kier alpha value is -2.84. The summed E-state index contributed by atoms with van der Waals surface area (Å²) < 4.78 is 1.14. The van der Waals surface area contributed by atoms with Crippen LogP contribution in [0.15, 0.2) is 41.5 Å². The Bertz CT molecular complexity index is 1250. The zero-order valence-corrected chi connectivity index (χ0v) is 18.0. The molecule has 3 aromatic heterocycles. The first-order valence-corrected chi connectivity index (χ1v) is 11.0. The van der Waals surface area contributed by atoms with Crippen molar-refractivity contribution in [3.8, 4) is 10.6 Å². The summed E-state index contributed by atoms with van der Waals surface area (Å²) in [5.74, 6) is -0.370. The van der Waals surface area contributed by atoms with Crippen LogP contribution in [0.5, 0.6) is 0 Å². The molecule has 8 heteroatoms. The van der Waals surface area contributed by atoms with Crippen LogP contribution in [0.3, 0.4) is 0 Å². The Morgan fingerprint density at radius 2 is 1.90 bits per heavy atom. The molecule has 29 heavy (non-hydrogen) atoms. The number of nitrogens with zero attached hydrogens (tertiary/aromatic N) is 3. The fourth-order valence-corrected chi connectivity index (χ4v) is 4.89. The molecule has 0 bridgehead atoms. The lowest BCUT2D eigenvalue weighted by Gasteiger charge is -2.06. The summed E-state index contributed by atoms with van der Waals surface area (Å²) in [6.07, 6.45) is 3.18. The Morgan fingerprint density at radius 1 is 1.14 bits per heavy atom. The maximum absolute atomic E-state index is 12.8. The van der Waals surface area contributed by atoms with Gasteiger partial charge in [0, 0.05) is 10.4 Å². The molecule has 0 saturated carbocycles. The van der Waals surface area contributed by atoms with Crippen molar-refractivity contribution in [1.82, 2.24) is 14.6 Å². The molecule has 148 valence electrons. The van der Waals surface area contributed by atoms with Crippen molar-refractivity contribution in [2.24, 2.45) is 0 Å². The number of rotatable bonds is 5. The smallest absolute Gasteiger partial charge is 0.267 e. The number of fused-ring (bicyclic) bond motifs is 1. The zero-order valence-electron chi connectivity index (χ0n) is 16.4. The molecule has 0 aliphatic heterocycles. The molecule has 0 fully saturated rings. The van der Waals surface area contributed by atoms with Crippen LogP contribution in [-0.2, 0) is 12.8 Å². The molecule has 1 aromatic carbocycles. The van der Waals surface area contributed by atoms with Gasteiger partial charge in [0.25, 0.3) is 11.5 Å². The second kappa shape index (κ2) is 7.88. The van der Waals surface area contributed by atoms with Crippen molar-refractivity contribution in [3.63, 3.8) is 0 Å². The van der Waals surface area contributed by atoms with Crippen LogP contribution < -0.4 is 11.0 Å². The normalized spacial score (nSPS) is 11.1. The van der Waals surface area contributed by atoms with Crippen molar-refractivity contribution >= 4 is 38.8 Å². The first kappa shape index (κ1) is 19.5. The van der Waals surface area contributed by atoms with E-state index >= 15 is 0 Å². The monoisotopic (exact) mass is 424 g/mol. The predicted molar refractivity (Wildman–Crippen MR) is 119 cm³/mol. The van der Waals surface area contributed by atoms with Crippen LogP contribution in [0.2, 0.25) is 0 Å². The minimum Gasteiger partial charge on any atom is -0.267 e. The quantitative estimate of drug-likeness (QED) is 0.515. The molecule has 4 aromatic rings. The molecule has 4 rings (SSSR count). The average Bonchev–Trinajstić information content (AvgIpc) is 3.34. The number of hydrogen-bond donors (Lipinski definition) is 1. The third kappa shape index (κ3) is 3.73. The number of carbonyl (C=O) groups is 1. The van der Waals surface area contributed by atoms with Crippen LogP contribution in [0, 0.1) is 6.92 Å². The Balaban J connectivity index is 1.62. The summed E-state index contributed by atoms with van der Waals surface area (Å²) in [6.45, 7) is 5.94. The van der Waals surface area contributed by atoms with Crippen LogP contribution in [0.25, 0.3) is 20.8 Å². The van der Waals surface area contributed by atoms with E-state index in [1.54, 1.807) is 6.92 Å². The van der Waals surface area contributed by atoms with Crippen LogP contribution >= 0.6 is 22.7 Å². The summed E-state index contributed by atoms with van der Waals surface area (Å²) >= 11 is 2.81. The molecule has 0 aliphatic carbocycles. The van der Waals surface area contributed by atoms with Crippen molar-refractivity contribution in [2.75, 3.05) is 5.43 Å². The van der Waals surface area contributed by atoms with Crippen molar-refractivity contribution in [2.45, 2.75) is 33.6 Å². The molecule has 1 N–H and O–H groups in total. The van der Waals surface area contributed by atoms with E-state index in [4.69, 9.17) is 0 Å². The third-order valence-electron chi connectivity index (χ3n) is 4.69. The number of carbonyl (C=O) groups excluding carboxylic acids is 1. The molecule has 0 unspecified atom stereocenters. The van der Waals surface area contributed by atoms with Gasteiger partial charge in [-0.15, -0.1) is 22.7 Å². The van der Waals surface area contributed by atoms with Gasteiger partial charge in [0.05, 0.1) is 11.1 Å². The fraction of sp³-hybridized carbons (Fsp3) is 0.238. The number of thiophene rings is 1. The lowest BCUT2D eigenvalue weighted by Crippen LogP contribution is -2.32. The third-order valence-corrected chi connectivity index (χ3v) is 7.08. The van der Waals surface area contributed by atoms with E-state index in [0.717, 1.165) is 33.0 Å². The highest BCUT2D eigenvalue weighted by Crippen LogP contribution is 2.28. The fourth-order valence-electron chi connectivity index (χ4n) is 3.00. The molecule has 1 amide bonds. The van der Waals surface area contributed by atoms with Gasteiger partial charge in [0.1, 0.15) is 21.0 Å². The minimum absolute atomic E-state index is 0.281. The van der Waals surface area contributed by atoms with E-state index in [-0.39, 0.29) is 11.5 Å². The van der Waals surface area contributed by atoms with E-state index in [9.17, 15) is 9.59 Å². The highest BCUT2D eigenvalue weighted by molar-refractivity contribution is 7.18. The Morgan fingerprint density at radius 3 is 2.59 bits per heavy atom. The molecule has 0 radical (unpaired) electrons. The topological polar surface area (TPSA) is 76.9 Å². The van der Waals surface area contributed by atoms with Crippen molar-refractivity contribution in [3.05, 3.63) is 68.0 Å². The summed E-state index contributed by atoms with van der Waals surface area (Å²) in [5, 5.41) is 1.30.